The van der Waals surface area contributed by atoms with Gasteiger partial charge in [-0.25, -0.2) is 8.42 Å². The Labute approximate surface area is 117 Å². The first kappa shape index (κ1) is 15.9. The first-order valence-electron chi connectivity index (χ1n) is 5.55. The second-order valence-corrected chi connectivity index (χ2v) is 7.28. The zero-order valence-corrected chi connectivity index (χ0v) is 12.4. The molecule has 0 saturated heterocycles. The Morgan fingerprint density at radius 2 is 1.84 bits per heavy atom. The minimum atomic E-state index is -3.98. The molecule has 0 amide bonds. The summed E-state index contributed by atoms with van der Waals surface area (Å²) in [5.74, 6) is -1.23. The van der Waals surface area contributed by atoms with Crippen LogP contribution in [-0.2, 0) is 14.8 Å². The lowest BCUT2D eigenvalue weighted by Crippen LogP contribution is -2.48. The highest BCUT2D eigenvalue weighted by atomic mass is 35.5. The van der Waals surface area contributed by atoms with E-state index in [9.17, 15) is 13.2 Å². The van der Waals surface area contributed by atoms with Gasteiger partial charge >= 0.3 is 5.97 Å². The predicted octanol–water partition coefficient (Wildman–Crippen LogP) is 2.12. The smallest absolute Gasteiger partial charge is 0.322 e. The van der Waals surface area contributed by atoms with Gasteiger partial charge in [0.2, 0.25) is 10.0 Å². The fraction of sp³-hybridized carbons (Fsp3) is 0.417. The van der Waals surface area contributed by atoms with E-state index < -0.39 is 27.4 Å². The van der Waals surface area contributed by atoms with Crippen molar-refractivity contribution in [3.63, 3.8) is 0 Å². The number of carbonyl (C=O) groups is 1. The maximum absolute atomic E-state index is 12.2. The van der Waals surface area contributed by atoms with E-state index in [1.807, 2.05) is 0 Å². The Balaban J connectivity index is 3.16. The molecule has 0 aliphatic heterocycles. The van der Waals surface area contributed by atoms with Gasteiger partial charge in [0.15, 0.2) is 0 Å². The first-order valence-corrected chi connectivity index (χ1v) is 7.41. The van der Waals surface area contributed by atoms with Crippen molar-refractivity contribution < 1.29 is 18.3 Å². The van der Waals surface area contributed by atoms with Gasteiger partial charge in [-0.3, -0.25) is 4.79 Å². The molecule has 0 spiro atoms. The number of nitrogens with one attached hydrogen (secondary N) is 1. The van der Waals surface area contributed by atoms with Crippen molar-refractivity contribution in [2.75, 3.05) is 0 Å². The van der Waals surface area contributed by atoms with E-state index in [0.717, 1.165) is 0 Å². The highest BCUT2D eigenvalue weighted by molar-refractivity contribution is 7.89. The second kappa shape index (κ2) is 5.48. The van der Waals surface area contributed by atoms with Crippen LogP contribution >= 0.6 is 11.6 Å². The largest absolute Gasteiger partial charge is 0.480 e. The lowest BCUT2D eigenvalue weighted by Gasteiger charge is -2.27. The molecule has 0 aliphatic rings. The normalized spacial score (nSPS) is 14.1. The number of sulfonamides is 1. The molecule has 1 aromatic rings. The van der Waals surface area contributed by atoms with Crippen LogP contribution in [0.1, 0.15) is 20.8 Å². The second-order valence-electron chi connectivity index (χ2n) is 5.19. The van der Waals surface area contributed by atoms with E-state index in [1.54, 1.807) is 26.8 Å². The third-order valence-corrected chi connectivity index (χ3v) is 4.43. The monoisotopic (exact) mass is 305 g/mol. The van der Waals surface area contributed by atoms with Crippen LogP contribution in [-0.4, -0.2) is 25.5 Å². The molecule has 0 bridgehead atoms. The van der Waals surface area contributed by atoms with Crippen molar-refractivity contribution in [3.05, 3.63) is 29.3 Å². The maximum Gasteiger partial charge on any atom is 0.322 e. The number of aliphatic carboxylic acids is 1. The Hall–Kier alpha value is -1.11. The molecule has 0 radical (unpaired) electrons. The van der Waals surface area contributed by atoms with Gasteiger partial charge in [-0.2, -0.15) is 4.72 Å². The molecule has 0 aliphatic carbocycles. The third-order valence-electron chi connectivity index (χ3n) is 2.51. The molecule has 106 valence electrons. The number of hydrogen-bond donors (Lipinski definition) is 2. The van der Waals surface area contributed by atoms with Crippen LogP contribution in [0.15, 0.2) is 29.2 Å². The number of benzene rings is 1. The highest BCUT2D eigenvalue weighted by Crippen LogP contribution is 2.24. The van der Waals surface area contributed by atoms with E-state index >= 15 is 0 Å². The van der Waals surface area contributed by atoms with E-state index in [2.05, 4.69) is 4.72 Å². The summed E-state index contributed by atoms with van der Waals surface area (Å²) in [5, 5.41) is 9.18. The average molecular weight is 306 g/mol. The molecule has 0 aromatic heterocycles. The van der Waals surface area contributed by atoms with Crippen molar-refractivity contribution in [1.29, 1.82) is 0 Å². The summed E-state index contributed by atoms with van der Waals surface area (Å²) in [5.41, 5.74) is -0.764. The summed E-state index contributed by atoms with van der Waals surface area (Å²) in [7, 11) is -3.98. The van der Waals surface area contributed by atoms with Gasteiger partial charge in [0.25, 0.3) is 0 Å². The summed E-state index contributed by atoms with van der Waals surface area (Å²) in [6, 6.07) is 4.64. The Bertz CT molecular complexity index is 578. The highest BCUT2D eigenvalue weighted by Gasteiger charge is 2.35. The van der Waals surface area contributed by atoms with Gasteiger partial charge in [0.1, 0.15) is 10.9 Å². The predicted molar refractivity (Wildman–Crippen MR) is 72.7 cm³/mol. The molecule has 0 heterocycles. The molecule has 0 unspecified atom stereocenters. The van der Waals surface area contributed by atoms with E-state index in [0.29, 0.717) is 0 Å². The molecule has 19 heavy (non-hydrogen) atoms. The van der Waals surface area contributed by atoms with Crippen molar-refractivity contribution in [2.24, 2.45) is 5.41 Å². The average Bonchev–Trinajstić information content (AvgIpc) is 2.24. The van der Waals surface area contributed by atoms with Gasteiger partial charge in [0, 0.05) is 0 Å². The number of rotatable bonds is 4. The molecule has 2 N–H and O–H groups in total. The van der Waals surface area contributed by atoms with Crippen molar-refractivity contribution in [1.82, 2.24) is 4.72 Å². The minimum Gasteiger partial charge on any atom is -0.480 e. The summed E-state index contributed by atoms with van der Waals surface area (Å²) in [6.45, 7) is 4.92. The minimum absolute atomic E-state index is 0.0491. The molecule has 0 saturated carbocycles. The number of halogens is 1. The molecule has 7 heteroatoms. The molecule has 1 aromatic carbocycles. The van der Waals surface area contributed by atoms with Gasteiger partial charge in [0.05, 0.1) is 5.02 Å². The number of carboxylic acids is 1. The van der Waals surface area contributed by atoms with E-state index in [-0.39, 0.29) is 9.92 Å². The SMILES string of the molecule is CC(C)(C)[C@H](NS(=O)(=O)c1ccccc1Cl)C(=O)O. The lowest BCUT2D eigenvalue weighted by molar-refractivity contribution is -0.141. The van der Waals surface area contributed by atoms with Gasteiger partial charge in [-0.1, -0.05) is 44.5 Å². The van der Waals surface area contributed by atoms with E-state index in [1.165, 1.54) is 18.2 Å². The van der Waals surface area contributed by atoms with Crippen LogP contribution in [0.2, 0.25) is 5.02 Å². The molecule has 5 nitrogen and oxygen atoms in total. The zero-order chi connectivity index (χ0) is 14.8. The van der Waals surface area contributed by atoms with E-state index in [4.69, 9.17) is 16.7 Å². The fourth-order valence-corrected chi connectivity index (χ4v) is 3.39. The number of hydrogen-bond acceptors (Lipinski definition) is 3. The summed E-state index contributed by atoms with van der Waals surface area (Å²) in [6.07, 6.45) is 0. The molecular weight excluding hydrogens is 290 g/mol. The standard InChI is InChI=1S/C12H16ClNO4S/c1-12(2,3)10(11(15)16)14-19(17,18)9-7-5-4-6-8(9)13/h4-7,10,14H,1-3H3,(H,15,16)/t10-/m1/s1. The van der Waals surface area contributed by atoms with Crippen LogP contribution in [0.3, 0.4) is 0 Å². The van der Waals surface area contributed by atoms with Crippen molar-refractivity contribution in [2.45, 2.75) is 31.7 Å². The Kier molecular flexibility index (Phi) is 4.60. The first-order chi connectivity index (χ1) is 8.55. The molecule has 1 rings (SSSR count). The van der Waals surface area contributed by atoms with Crippen LogP contribution in [0.4, 0.5) is 0 Å². The topological polar surface area (TPSA) is 83.5 Å². The van der Waals surface area contributed by atoms with Crippen LogP contribution in [0, 0.1) is 5.41 Å². The molecule has 1 atom stereocenters. The Morgan fingerprint density at radius 3 is 2.26 bits per heavy atom. The quantitative estimate of drug-likeness (QED) is 0.892. The number of carboxylic acid groups (broad SMARTS) is 1. The third kappa shape index (κ3) is 3.92. The van der Waals surface area contributed by atoms with Gasteiger partial charge in [-0.05, 0) is 17.5 Å². The maximum atomic E-state index is 12.2. The summed E-state index contributed by atoms with van der Waals surface area (Å²) < 4.78 is 26.5. The summed E-state index contributed by atoms with van der Waals surface area (Å²) >= 11 is 5.82. The van der Waals surface area contributed by atoms with Crippen LogP contribution < -0.4 is 4.72 Å². The van der Waals surface area contributed by atoms with Gasteiger partial charge < -0.3 is 5.11 Å². The van der Waals surface area contributed by atoms with Crippen LogP contribution in [0.5, 0.6) is 0 Å². The molecular formula is C12H16ClNO4S. The molecule has 0 fully saturated rings. The van der Waals surface area contributed by atoms with Gasteiger partial charge in [-0.15, -0.1) is 0 Å². The van der Waals surface area contributed by atoms with Crippen molar-refractivity contribution in [3.8, 4) is 0 Å². The van der Waals surface area contributed by atoms with Crippen LogP contribution in [0.25, 0.3) is 0 Å². The van der Waals surface area contributed by atoms with Crippen molar-refractivity contribution >= 4 is 27.6 Å². The fourth-order valence-electron chi connectivity index (χ4n) is 1.48. The lowest BCUT2D eigenvalue weighted by atomic mass is 9.88. The Morgan fingerprint density at radius 1 is 1.32 bits per heavy atom. The summed E-state index contributed by atoms with van der Waals surface area (Å²) in [4.78, 5) is 11.0. The zero-order valence-electron chi connectivity index (χ0n) is 10.8.